The standard InChI is InChI=1S/C8H11NO3S.C7H11BrO4.C7H9NO3S.C6H9NO2S.C3H7I.C2H5NS.Al.Li.4H/c1-4-12-8(10)6-7(11-3)9-5(2)13-6;1-3-11-6(9)5(8)7(10)12-4-2;1-3-11-7(10)5-6(9)8-4(2)12-5;1-4-7-6(9-2)5(3-8)10-4;1-3(2)4;1-2(3)4;;;;;;/h4H2,1-3H3;5H,3-4H2,1-2H3;9H,3H2,1-2H3;8H,3H2,1-2H3;3H,1-2H3;1H3,(H2,3,4);;;;;;/q;;;;;;;+1;;;;-1. The van der Waals surface area contributed by atoms with Crippen LogP contribution >= 0.6 is 84.7 Å². The van der Waals surface area contributed by atoms with Gasteiger partial charge in [0.2, 0.25) is 22.5 Å². The molecule has 0 atom stereocenters. The van der Waals surface area contributed by atoms with Gasteiger partial charge in [0.05, 0.1) is 72.1 Å². The zero-order chi connectivity index (χ0) is 43.3. The number of aliphatic hydroxyl groups is 1. The molecule has 0 amide bonds. The van der Waals surface area contributed by atoms with Gasteiger partial charge in [0.25, 0.3) is 0 Å². The Morgan fingerprint density at radius 2 is 1.12 bits per heavy atom. The van der Waals surface area contributed by atoms with Crippen LogP contribution in [-0.2, 0) is 35.1 Å². The number of carbonyl (C=O) groups excluding carboxylic acids is 4. The van der Waals surface area contributed by atoms with Crippen LogP contribution in [0.5, 0.6) is 17.6 Å². The van der Waals surface area contributed by atoms with Crippen LogP contribution in [0.15, 0.2) is 0 Å². The van der Waals surface area contributed by atoms with Gasteiger partial charge in [-0.2, -0.15) is 0 Å². The summed E-state index contributed by atoms with van der Waals surface area (Å²) in [5.74, 6) is -1.46. The molecule has 16 nitrogen and oxygen atoms in total. The van der Waals surface area contributed by atoms with Crippen molar-refractivity contribution in [1.29, 1.82) is 0 Å². The summed E-state index contributed by atoms with van der Waals surface area (Å²) < 4.78 is 29.3. The van der Waals surface area contributed by atoms with E-state index in [9.17, 15) is 19.2 Å². The second-order valence-corrected chi connectivity index (χ2v) is 17.5. The Balaban J connectivity index is -0.000000144. The third-order valence-electron chi connectivity index (χ3n) is 4.63. The number of methoxy groups -OCH3 is 2. The Hall–Kier alpha value is -1.64. The second-order valence-electron chi connectivity index (χ2n) is 9.71. The molecule has 3 rings (SSSR count). The number of hydrogen-bond acceptors (Lipinski definition) is 19. The number of nitrogens with zero attached hydrogens (tertiary/aromatic N) is 3. The molecule has 3 aromatic rings. The average molecular weight is 1070 g/mol. The largest absolute Gasteiger partial charge is 1.00 e. The van der Waals surface area contributed by atoms with E-state index >= 15 is 0 Å². The Morgan fingerprint density at radius 3 is 1.44 bits per heavy atom. The summed E-state index contributed by atoms with van der Waals surface area (Å²) >= 11 is 13.4. The summed E-state index contributed by atoms with van der Waals surface area (Å²) in [5.41, 5.74) is 4.84. The normalized spacial score (nSPS) is 9.14. The van der Waals surface area contributed by atoms with E-state index < -0.39 is 22.7 Å². The third kappa shape index (κ3) is 31.9. The minimum atomic E-state index is -1.00. The van der Waals surface area contributed by atoms with Gasteiger partial charge in [-0.25, -0.2) is 24.5 Å². The quantitative estimate of drug-likeness (QED) is 0.0477. The molecule has 3 heterocycles. The fourth-order valence-electron chi connectivity index (χ4n) is 2.85. The van der Waals surface area contributed by atoms with E-state index in [0.717, 1.165) is 30.2 Å². The van der Waals surface area contributed by atoms with Gasteiger partial charge in [-0.1, -0.05) is 64.6 Å². The number of hydrogen-bond donors (Lipinski definition) is 3. The molecule has 0 spiro atoms. The topological polar surface area (TPSA) is 229 Å². The number of rotatable bonds is 11. The molecule has 24 heteroatoms. The first-order chi connectivity index (χ1) is 25.7. The van der Waals surface area contributed by atoms with Gasteiger partial charge in [-0.3, -0.25) is 9.59 Å². The molecule has 0 aliphatic heterocycles. The first-order valence-electron chi connectivity index (χ1n) is 16.2. The van der Waals surface area contributed by atoms with E-state index in [1.54, 1.807) is 48.7 Å². The maximum absolute atomic E-state index is 11.3. The summed E-state index contributed by atoms with van der Waals surface area (Å²) in [4.78, 5) is 56.8. The molecule has 322 valence electrons. The molecule has 4 N–H and O–H groups in total. The van der Waals surface area contributed by atoms with E-state index in [1.165, 1.54) is 29.8 Å². The third-order valence-corrected chi connectivity index (χ3v) is 8.18. The van der Waals surface area contributed by atoms with Crippen LogP contribution in [0.25, 0.3) is 0 Å². The number of aromatic hydroxyl groups is 1. The van der Waals surface area contributed by atoms with Crippen molar-refractivity contribution in [2.24, 2.45) is 5.73 Å². The SMILES string of the molecule is CC(C)I.CC(N)=S.CCOC(=O)C(Br)C(=O)OCC.CCOC(=O)c1sc(C)nc1O.CCOC(=O)c1sc(C)nc1OC.COc1nc(C)sc1CO.[AlH3].[H-].[Li+]. The van der Waals surface area contributed by atoms with E-state index in [2.05, 4.69) is 89.0 Å². The number of aliphatic hydroxyl groups excluding tert-OH is 1. The van der Waals surface area contributed by atoms with Gasteiger partial charge in [0.15, 0.2) is 27.1 Å². The van der Waals surface area contributed by atoms with Gasteiger partial charge in [-0.05, 0) is 55.4 Å². The molecular formula is C33H56AlBrILiN4O12S4. The van der Waals surface area contributed by atoms with Gasteiger partial charge < -0.3 is 45.8 Å². The van der Waals surface area contributed by atoms with Crippen LogP contribution in [0.2, 0.25) is 0 Å². The molecule has 0 bridgehead atoms. The molecule has 3 aromatic heterocycles. The molecule has 0 aliphatic carbocycles. The van der Waals surface area contributed by atoms with E-state index in [0.29, 0.717) is 39.8 Å². The fraction of sp³-hybridized carbons (Fsp3) is 0.576. The Labute approximate surface area is 398 Å². The molecule has 0 saturated heterocycles. The number of aromatic nitrogens is 3. The van der Waals surface area contributed by atoms with Gasteiger partial charge >= 0.3 is 42.7 Å². The number of halogens is 2. The van der Waals surface area contributed by atoms with Gasteiger partial charge in [0.1, 0.15) is 0 Å². The predicted molar refractivity (Wildman–Crippen MR) is 242 cm³/mol. The van der Waals surface area contributed by atoms with Crippen molar-refractivity contribution < 1.29 is 78.1 Å². The number of thiocarbonyl (C=S) groups is 1. The summed E-state index contributed by atoms with van der Waals surface area (Å²) in [7, 11) is 3.03. The number of thiazole rings is 3. The molecule has 0 saturated carbocycles. The number of carbonyl (C=O) groups is 4. The monoisotopic (exact) mass is 1070 g/mol. The van der Waals surface area contributed by atoms with Gasteiger partial charge in [-0.15, -0.1) is 34.0 Å². The zero-order valence-corrected chi connectivity index (χ0v) is 41.0. The summed E-state index contributed by atoms with van der Waals surface area (Å²) in [6.07, 6.45) is 0. The summed E-state index contributed by atoms with van der Waals surface area (Å²) in [6, 6.07) is 0. The van der Waals surface area contributed by atoms with Crippen LogP contribution < -0.4 is 34.1 Å². The van der Waals surface area contributed by atoms with Crippen LogP contribution in [0.1, 0.15) is 89.1 Å². The molecular weight excluding hydrogens is 1010 g/mol. The predicted octanol–water partition coefficient (Wildman–Crippen LogP) is 2.85. The van der Waals surface area contributed by atoms with Crippen molar-refractivity contribution in [2.75, 3.05) is 40.6 Å². The van der Waals surface area contributed by atoms with Crippen LogP contribution in [-0.4, -0.2) is 121 Å². The molecule has 0 unspecified atom stereocenters. The number of ether oxygens (including phenoxy) is 6. The number of esters is 4. The molecule has 0 radical (unpaired) electrons. The Bertz CT molecular complexity index is 1550. The number of nitrogens with two attached hydrogens (primary N) is 1. The Morgan fingerprint density at radius 1 is 0.789 bits per heavy atom. The van der Waals surface area contributed by atoms with Gasteiger partial charge in [0, 0.05) is 3.92 Å². The Kier molecular flexibility index (Phi) is 43.6. The van der Waals surface area contributed by atoms with Crippen LogP contribution in [0.4, 0.5) is 0 Å². The number of alkyl halides is 2. The summed E-state index contributed by atoms with van der Waals surface area (Å²) in [5, 5.41) is 20.2. The maximum Gasteiger partial charge on any atom is 1.00 e. The molecule has 0 aliphatic rings. The fourth-order valence-corrected chi connectivity index (χ4v) is 5.37. The minimum absolute atomic E-state index is 0. The smallest absolute Gasteiger partial charge is 1.00 e. The summed E-state index contributed by atoms with van der Waals surface area (Å²) in [6.45, 7) is 19.4. The van der Waals surface area contributed by atoms with Crippen LogP contribution in [0.3, 0.4) is 0 Å². The molecule has 57 heavy (non-hydrogen) atoms. The average Bonchev–Trinajstić information content (AvgIpc) is 3.79. The van der Waals surface area contributed by atoms with Crippen molar-refractivity contribution in [1.82, 2.24) is 15.0 Å². The molecule has 0 fully saturated rings. The van der Waals surface area contributed by atoms with E-state index in [4.69, 9.17) is 34.9 Å². The maximum atomic E-state index is 11.3. The number of aryl methyl sites for hydroxylation is 3. The van der Waals surface area contributed by atoms with E-state index in [1.807, 2.05) is 13.8 Å². The van der Waals surface area contributed by atoms with E-state index in [-0.39, 0.29) is 74.2 Å². The zero-order valence-electron chi connectivity index (χ0n) is 35.0. The molecule has 0 aromatic carbocycles. The van der Waals surface area contributed by atoms with Crippen molar-refractivity contribution in [3.8, 4) is 17.6 Å². The first kappa shape index (κ1) is 64.5. The first-order valence-corrected chi connectivity index (χ1v) is 21.2. The van der Waals surface area contributed by atoms with Crippen molar-refractivity contribution in [3.63, 3.8) is 0 Å². The van der Waals surface area contributed by atoms with Crippen molar-refractivity contribution in [3.05, 3.63) is 29.7 Å². The second kappa shape index (κ2) is 38.6. The minimum Gasteiger partial charge on any atom is -1.00 e. The van der Waals surface area contributed by atoms with Crippen molar-refractivity contribution in [2.45, 2.75) is 84.6 Å². The van der Waals surface area contributed by atoms with Crippen LogP contribution in [0, 0.1) is 20.8 Å². The van der Waals surface area contributed by atoms with Crippen molar-refractivity contribution >= 4 is 131 Å².